The van der Waals surface area contributed by atoms with Crippen LogP contribution in [0.2, 0.25) is 0 Å². The number of nitrogens with zero attached hydrogens (tertiary/aromatic N) is 1. The Bertz CT molecular complexity index is 946. The standard InChI is InChI=1S/C22H29FN2O4S/c1-16(2)29-21-9-5-7-18(15-21)8-6-14-24-22(26)17(3)25(30(4,27)28)20-12-10-19(23)11-13-20/h5,7,9-13,15-17H,6,8,14H2,1-4H3,(H,24,26). The molecule has 6 nitrogen and oxygen atoms in total. The van der Waals surface area contributed by atoms with E-state index in [0.29, 0.717) is 13.0 Å². The van der Waals surface area contributed by atoms with Crippen molar-refractivity contribution in [1.29, 1.82) is 0 Å². The van der Waals surface area contributed by atoms with Gasteiger partial charge in [-0.05, 0) is 75.6 Å². The molecule has 1 N–H and O–H groups in total. The summed E-state index contributed by atoms with van der Waals surface area (Å²) in [5.74, 6) is -0.0861. The van der Waals surface area contributed by atoms with E-state index in [0.717, 1.165) is 40.4 Å². The van der Waals surface area contributed by atoms with E-state index in [2.05, 4.69) is 5.32 Å². The van der Waals surface area contributed by atoms with Gasteiger partial charge in [-0.3, -0.25) is 9.10 Å². The molecule has 0 saturated heterocycles. The van der Waals surface area contributed by atoms with Crippen molar-refractivity contribution in [3.63, 3.8) is 0 Å². The zero-order valence-corrected chi connectivity index (χ0v) is 18.6. The van der Waals surface area contributed by atoms with Gasteiger partial charge in [-0.2, -0.15) is 0 Å². The quantitative estimate of drug-likeness (QED) is 0.578. The summed E-state index contributed by atoms with van der Waals surface area (Å²) in [6.07, 6.45) is 2.56. The Labute approximate surface area is 178 Å². The molecule has 164 valence electrons. The molecule has 0 bridgehead atoms. The van der Waals surface area contributed by atoms with Crippen molar-refractivity contribution in [2.24, 2.45) is 0 Å². The summed E-state index contributed by atoms with van der Waals surface area (Å²) in [6.45, 7) is 5.84. The van der Waals surface area contributed by atoms with Gasteiger partial charge in [0.2, 0.25) is 15.9 Å². The number of aryl methyl sites for hydroxylation is 1. The lowest BCUT2D eigenvalue weighted by Gasteiger charge is -2.28. The SMILES string of the molecule is CC(C)Oc1cccc(CCCNC(=O)C(C)N(c2ccc(F)cc2)S(C)(=O)=O)c1. The third-order valence-electron chi connectivity index (χ3n) is 4.38. The van der Waals surface area contributed by atoms with Crippen LogP contribution in [0, 0.1) is 5.82 Å². The summed E-state index contributed by atoms with van der Waals surface area (Å²) < 4.78 is 44.3. The van der Waals surface area contributed by atoms with E-state index in [1.54, 1.807) is 0 Å². The van der Waals surface area contributed by atoms with E-state index in [1.807, 2.05) is 38.1 Å². The first-order valence-corrected chi connectivity index (χ1v) is 11.7. The molecule has 1 atom stereocenters. The number of benzene rings is 2. The molecule has 0 aliphatic carbocycles. The molecule has 0 saturated carbocycles. The van der Waals surface area contributed by atoms with Gasteiger partial charge in [0.25, 0.3) is 0 Å². The number of ether oxygens (including phenoxy) is 1. The zero-order valence-electron chi connectivity index (χ0n) is 17.8. The first-order valence-electron chi connectivity index (χ1n) is 9.86. The molecule has 1 unspecified atom stereocenters. The summed E-state index contributed by atoms with van der Waals surface area (Å²) in [6, 6.07) is 11.8. The number of carbonyl (C=O) groups is 1. The van der Waals surface area contributed by atoms with E-state index in [-0.39, 0.29) is 11.8 Å². The lowest BCUT2D eigenvalue weighted by molar-refractivity contribution is -0.121. The monoisotopic (exact) mass is 436 g/mol. The van der Waals surface area contributed by atoms with Gasteiger partial charge in [-0.1, -0.05) is 12.1 Å². The number of anilines is 1. The molecule has 0 radical (unpaired) electrons. The summed E-state index contributed by atoms with van der Waals surface area (Å²) >= 11 is 0. The number of hydrogen-bond acceptors (Lipinski definition) is 4. The molecular formula is C22H29FN2O4S. The van der Waals surface area contributed by atoms with Gasteiger partial charge >= 0.3 is 0 Å². The van der Waals surface area contributed by atoms with Crippen molar-refractivity contribution < 1.29 is 22.3 Å². The van der Waals surface area contributed by atoms with Gasteiger partial charge in [-0.15, -0.1) is 0 Å². The second-order valence-electron chi connectivity index (χ2n) is 7.42. The fraction of sp³-hybridized carbons (Fsp3) is 0.409. The van der Waals surface area contributed by atoms with Crippen LogP contribution >= 0.6 is 0 Å². The fourth-order valence-electron chi connectivity index (χ4n) is 3.10. The maximum Gasteiger partial charge on any atom is 0.243 e. The van der Waals surface area contributed by atoms with Crippen LogP contribution < -0.4 is 14.4 Å². The third kappa shape index (κ3) is 7.02. The Hall–Kier alpha value is -2.61. The topological polar surface area (TPSA) is 75.7 Å². The van der Waals surface area contributed by atoms with E-state index in [9.17, 15) is 17.6 Å². The summed E-state index contributed by atoms with van der Waals surface area (Å²) in [4.78, 5) is 12.5. The minimum atomic E-state index is -3.73. The Kier molecular flexibility index (Phi) is 8.23. The number of sulfonamides is 1. The van der Waals surface area contributed by atoms with Gasteiger partial charge in [-0.25, -0.2) is 12.8 Å². The molecule has 30 heavy (non-hydrogen) atoms. The highest BCUT2D eigenvalue weighted by molar-refractivity contribution is 7.92. The number of carbonyl (C=O) groups excluding carboxylic acids is 1. The average molecular weight is 437 g/mol. The number of nitrogens with one attached hydrogen (secondary N) is 1. The molecule has 8 heteroatoms. The van der Waals surface area contributed by atoms with E-state index < -0.39 is 27.8 Å². The molecular weight excluding hydrogens is 407 g/mol. The maximum atomic E-state index is 13.2. The summed E-state index contributed by atoms with van der Waals surface area (Å²) in [5, 5.41) is 2.78. The Morgan fingerprint density at radius 3 is 2.40 bits per heavy atom. The second-order valence-corrected chi connectivity index (χ2v) is 9.28. The van der Waals surface area contributed by atoms with Crippen molar-refractivity contribution in [3.8, 4) is 5.75 Å². The van der Waals surface area contributed by atoms with Crippen LogP contribution in [-0.2, 0) is 21.2 Å². The predicted molar refractivity (Wildman–Crippen MR) is 117 cm³/mol. The Morgan fingerprint density at radius 1 is 1.13 bits per heavy atom. The molecule has 2 aromatic carbocycles. The van der Waals surface area contributed by atoms with Crippen LogP contribution in [0.1, 0.15) is 32.8 Å². The van der Waals surface area contributed by atoms with Crippen molar-refractivity contribution in [1.82, 2.24) is 5.32 Å². The molecule has 0 heterocycles. The van der Waals surface area contributed by atoms with E-state index >= 15 is 0 Å². The number of hydrogen-bond donors (Lipinski definition) is 1. The van der Waals surface area contributed by atoms with Crippen LogP contribution in [0.5, 0.6) is 5.75 Å². The lowest BCUT2D eigenvalue weighted by atomic mass is 10.1. The molecule has 0 aliphatic heterocycles. The highest BCUT2D eigenvalue weighted by Gasteiger charge is 2.28. The molecule has 0 spiro atoms. The molecule has 0 fully saturated rings. The van der Waals surface area contributed by atoms with Crippen LogP contribution in [0.3, 0.4) is 0 Å². The van der Waals surface area contributed by atoms with Gasteiger partial charge in [0.1, 0.15) is 17.6 Å². The minimum absolute atomic E-state index is 0.0972. The highest BCUT2D eigenvalue weighted by atomic mass is 32.2. The minimum Gasteiger partial charge on any atom is -0.491 e. The largest absolute Gasteiger partial charge is 0.491 e. The maximum absolute atomic E-state index is 13.2. The van der Waals surface area contributed by atoms with Crippen LogP contribution in [-0.4, -0.2) is 39.3 Å². The molecule has 2 rings (SSSR count). The average Bonchev–Trinajstić information content (AvgIpc) is 2.65. The lowest BCUT2D eigenvalue weighted by Crippen LogP contribution is -2.48. The Morgan fingerprint density at radius 2 is 1.80 bits per heavy atom. The fourth-order valence-corrected chi connectivity index (χ4v) is 4.27. The molecule has 0 aliphatic rings. The van der Waals surface area contributed by atoms with Crippen LogP contribution in [0.15, 0.2) is 48.5 Å². The van der Waals surface area contributed by atoms with Crippen LogP contribution in [0.4, 0.5) is 10.1 Å². The van der Waals surface area contributed by atoms with Crippen molar-refractivity contribution in [2.75, 3.05) is 17.1 Å². The number of halogens is 1. The van der Waals surface area contributed by atoms with Crippen LogP contribution in [0.25, 0.3) is 0 Å². The second kappa shape index (κ2) is 10.4. The van der Waals surface area contributed by atoms with E-state index in [1.165, 1.54) is 19.1 Å². The highest BCUT2D eigenvalue weighted by Crippen LogP contribution is 2.21. The smallest absolute Gasteiger partial charge is 0.243 e. The van der Waals surface area contributed by atoms with Crippen molar-refractivity contribution in [3.05, 3.63) is 59.9 Å². The van der Waals surface area contributed by atoms with Crippen molar-refractivity contribution in [2.45, 2.75) is 45.8 Å². The van der Waals surface area contributed by atoms with Crippen molar-refractivity contribution >= 4 is 21.6 Å². The number of rotatable bonds is 10. The van der Waals surface area contributed by atoms with Gasteiger partial charge in [0, 0.05) is 6.54 Å². The summed E-state index contributed by atoms with van der Waals surface area (Å²) in [7, 11) is -3.73. The third-order valence-corrected chi connectivity index (χ3v) is 5.62. The van der Waals surface area contributed by atoms with Gasteiger partial charge in [0.05, 0.1) is 18.0 Å². The summed E-state index contributed by atoms with van der Waals surface area (Å²) in [5.41, 5.74) is 1.34. The normalized spacial score (nSPS) is 12.5. The van der Waals surface area contributed by atoms with Gasteiger partial charge < -0.3 is 10.1 Å². The Balaban J connectivity index is 1.93. The zero-order chi connectivity index (χ0) is 22.3. The molecule has 2 aromatic rings. The van der Waals surface area contributed by atoms with E-state index in [4.69, 9.17) is 4.74 Å². The first kappa shape index (κ1) is 23.7. The number of amides is 1. The van der Waals surface area contributed by atoms with Gasteiger partial charge in [0.15, 0.2) is 0 Å². The molecule has 0 aromatic heterocycles. The first-order chi connectivity index (χ1) is 14.1. The molecule has 1 amide bonds. The predicted octanol–water partition coefficient (Wildman–Crippen LogP) is 3.52.